The van der Waals surface area contributed by atoms with Crippen LogP contribution in [0.5, 0.6) is 0 Å². The van der Waals surface area contributed by atoms with Gasteiger partial charge < -0.3 is 11.1 Å². The van der Waals surface area contributed by atoms with Crippen molar-refractivity contribution in [2.45, 2.75) is 6.92 Å². The average molecular weight is 306 g/mol. The summed E-state index contributed by atoms with van der Waals surface area (Å²) >= 11 is 3.28. The van der Waals surface area contributed by atoms with Crippen LogP contribution in [0.4, 0.5) is 11.5 Å². The molecule has 1 aromatic carbocycles. The number of carbonyl (C=O) groups is 1. The molecule has 0 saturated heterocycles. The molecule has 2 aromatic rings. The summed E-state index contributed by atoms with van der Waals surface area (Å²) in [7, 11) is 0. The number of hydrogen-bond acceptors (Lipinski definition) is 3. The fraction of sp³-hybridized carbons (Fsp3) is 0.0769. The van der Waals surface area contributed by atoms with Gasteiger partial charge in [0.1, 0.15) is 5.82 Å². The summed E-state index contributed by atoms with van der Waals surface area (Å²) in [4.78, 5) is 16.1. The summed E-state index contributed by atoms with van der Waals surface area (Å²) in [5.74, 6) is 0.281. The van der Waals surface area contributed by atoms with Crippen molar-refractivity contribution < 1.29 is 4.79 Å². The fourth-order valence-electron chi connectivity index (χ4n) is 1.58. The first-order chi connectivity index (χ1) is 8.54. The highest BCUT2D eigenvalue weighted by atomic mass is 79.9. The number of halogens is 1. The second-order valence-corrected chi connectivity index (χ2v) is 4.86. The summed E-state index contributed by atoms with van der Waals surface area (Å²) in [5, 5.41) is 2.71. The maximum atomic E-state index is 12.0. The van der Waals surface area contributed by atoms with Crippen LogP contribution in [0.25, 0.3) is 0 Å². The minimum absolute atomic E-state index is 0.222. The lowest BCUT2D eigenvalue weighted by Crippen LogP contribution is -2.13. The van der Waals surface area contributed by atoms with E-state index in [1.807, 2.05) is 19.1 Å². The first kappa shape index (κ1) is 12.6. The number of hydrogen-bond donors (Lipinski definition) is 2. The number of anilines is 2. The molecular weight excluding hydrogens is 294 g/mol. The first-order valence-corrected chi connectivity index (χ1v) is 6.14. The van der Waals surface area contributed by atoms with Gasteiger partial charge >= 0.3 is 0 Å². The molecule has 0 unspecified atom stereocenters. The minimum Gasteiger partial charge on any atom is -0.399 e. The van der Waals surface area contributed by atoms with E-state index in [0.29, 0.717) is 17.1 Å². The Labute approximate surface area is 113 Å². The Balaban J connectivity index is 2.19. The number of rotatable bonds is 2. The monoisotopic (exact) mass is 305 g/mol. The molecule has 1 heterocycles. The van der Waals surface area contributed by atoms with Crippen LogP contribution in [-0.2, 0) is 0 Å². The van der Waals surface area contributed by atoms with Crippen molar-refractivity contribution in [3.63, 3.8) is 0 Å². The fourth-order valence-corrected chi connectivity index (χ4v) is 1.82. The van der Waals surface area contributed by atoms with E-state index in [4.69, 9.17) is 5.73 Å². The molecule has 0 atom stereocenters. The number of carbonyl (C=O) groups excluding carboxylic acids is 1. The molecule has 0 fully saturated rings. The van der Waals surface area contributed by atoms with Gasteiger partial charge in [0.25, 0.3) is 5.91 Å². The zero-order valence-electron chi connectivity index (χ0n) is 9.77. The third-order valence-electron chi connectivity index (χ3n) is 2.33. The van der Waals surface area contributed by atoms with Crippen LogP contribution in [-0.4, -0.2) is 10.9 Å². The third-order valence-corrected chi connectivity index (χ3v) is 2.80. The van der Waals surface area contributed by atoms with Gasteiger partial charge in [0, 0.05) is 21.9 Å². The van der Waals surface area contributed by atoms with Gasteiger partial charge in [-0.15, -0.1) is 0 Å². The van der Waals surface area contributed by atoms with E-state index >= 15 is 0 Å². The molecule has 5 heteroatoms. The Kier molecular flexibility index (Phi) is 3.62. The van der Waals surface area contributed by atoms with Crippen LogP contribution in [0.1, 0.15) is 15.9 Å². The van der Waals surface area contributed by atoms with Gasteiger partial charge in [-0.3, -0.25) is 4.79 Å². The lowest BCUT2D eigenvalue weighted by atomic mass is 10.1. The highest BCUT2D eigenvalue weighted by Gasteiger charge is 2.07. The van der Waals surface area contributed by atoms with Gasteiger partial charge in [0.15, 0.2) is 0 Å². The van der Waals surface area contributed by atoms with E-state index in [1.165, 1.54) is 0 Å². The number of pyridine rings is 1. The van der Waals surface area contributed by atoms with Crippen molar-refractivity contribution in [2.75, 3.05) is 11.1 Å². The van der Waals surface area contributed by atoms with E-state index in [0.717, 1.165) is 10.0 Å². The number of aryl methyl sites for hydroxylation is 1. The third kappa shape index (κ3) is 3.07. The summed E-state index contributed by atoms with van der Waals surface area (Å²) in [6, 6.07) is 8.77. The molecule has 3 N–H and O–H groups in total. The molecule has 18 heavy (non-hydrogen) atoms. The Bertz CT molecular complexity index is 561. The Morgan fingerprint density at radius 3 is 2.72 bits per heavy atom. The van der Waals surface area contributed by atoms with Gasteiger partial charge in [-0.2, -0.15) is 0 Å². The van der Waals surface area contributed by atoms with Crippen LogP contribution in [0.15, 0.2) is 41.0 Å². The number of benzene rings is 1. The van der Waals surface area contributed by atoms with E-state index < -0.39 is 0 Å². The van der Waals surface area contributed by atoms with Crippen molar-refractivity contribution in [2.24, 2.45) is 0 Å². The molecule has 0 radical (unpaired) electrons. The molecule has 0 aliphatic rings. The maximum absolute atomic E-state index is 12.0. The quantitative estimate of drug-likeness (QED) is 0.838. The van der Waals surface area contributed by atoms with Gasteiger partial charge in [0.2, 0.25) is 0 Å². The molecule has 4 nitrogen and oxygen atoms in total. The topological polar surface area (TPSA) is 68.0 Å². The summed E-state index contributed by atoms with van der Waals surface area (Å²) < 4.78 is 0.861. The first-order valence-electron chi connectivity index (χ1n) is 5.34. The summed E-state index contributed by atoms with van der Waals surface area (Å²) in [5.41, 5.74) is 7.75. The Morgan fingerprint density at radius 2 is 2.11 bits per heavy atom. The predicted octanol–water partition coefficient (Wildman–Crippen LogP) is 2.99. The van der Waals surface area contributed by atoms with Crippen molar-refractivity contribution >= 4 is 33.3 Å². The summed E-state index contributed by atoms with van der Waals surface area (Å²) in [6.07, 6.45) is 1.63. The second kappa shape index (κ2) is 5.18. The molecule has 92 valence electrons. The lowest BCUT2D eigenvalue weighted by molar-refractivity contribution is 0.102. The standard InChI is InChI=1S/C13H12BrN3O/c1-8-4-9(6-11(15)5-8)13(18)17-12-3-2-10(14)7-16-12/h2-7H,15H2,1H3,(H,16,17,18). The molecule has 0 spiro atoms. The maximum Gasteiger partial charge on any atom is 0.256 e. The zero-order chi connectivity index (χ0) is 13.1. The molecule has 0 aliphatic carbocycles. The van der Waals surface area contributed by atoms with Crippen LogP contribution in [0.3, 0.4) is 0 Å². The van der Waals surface area contributed by atoms with E-state index in [1.54, 1.807) is 24.4 Å². The average Bonchev–Trinajstić information content (AvgIpc) is 2.31. The number of nitrogens with one attached hydrogen (secondary N) is 1. The van der Waals surface area contributed by atoms with E-state index in [9.17, 15) is 4.79 Å². The van der Waals surface area contributed by atoms with Crippen LogP contribution in [0.2, 0.25) is 0 Å². The summed E-state index contributed by atoms with van der Waals surface area (Å²) in [6.45, 7) is 1.89. The zero-order valence-corrected chi connectivity index (χ0v) is 11.4. The van der Waals surface area contributed by atoms with Crippen LogP contribution < -0.4 is 11.1 Å². The van der Waals surface area contributed by atoms with Crippen LogP contribution in [0, 0.1) is 6.92 Å². The molecule has 2 rings (SSSR count). The minimum atomic E-state index is -0.222. The van der Waals surface area contributed by atoms with Gasteiger partial charge in [-0.05, 0) is 58.7 Å². The largest absolute Gasteiger partial charge is 0.399 e. The van der Waals surface area contributed by atoms with Gasteiger partial charge in [0.05, 0.1) is 0 Å². The second-order valence-electron chi connectivity index (χ2n) is 3.95. The van der Waals surface area contributed by atoms with Crippen molar-refractivity contribution in [1.29, 1.82) is 0 Å². The SMILES string of the molecule is Cc1cc(N)cc(C(=O)Nc2ccc(Br)cn2)c1. The van der Waals surface area contributed by atoms with E-state index in [-0.39, 0.29) is 5.91 Å². The predicted molar refractivity (Wildman–Crippen MR) is 75.5 cm³/mol. The van der Waals surface area contributed by atoms with Gasteiger partial charge in [-0.25, -0.2) is 4.98 Å². The highest BCUT2D eigenvalue weighted by Crippen LogP contribution is 2.14. The number of nitrogens with two attached hydrogens (primary N) is 1. The van der Waals surface area contributed by atoms with Crippen LogP contribution >= 0.6 is 15.9 Å². The number of amides is 1. The smallest absolute Gasteiger partial charge is 0.256 e. The molecule has 0 aliphatic heterocycles. The molecule has 0 bridgehead atoms. The normalized spacial score (nSPS) is 10.1. The van der Waals surface area contributed by atoms with Crippen molar-refractivity contribution in [3.8, 4) is 0 Å². The van der Waals surface area contributed by atoms with E-state index in [2.05, 4.69) is 26.2 Å². The number of aromatic nitrogens is 1. The lowest BCUT2D eigenvalue weighted by Gasteiger charge is -2.06. The molecular formula is C13H12BrN3O. The number of nitrogens with zero attached hydrogens (tertiary/aromatic N) is 1. The molecule has 1 aromatic heterocycles. The highest BCUT2D eigenvalue weighted by molar-refractivity contribution is 9.10. The molecule has 1 amide bonds. The van der Waals surface area contributed by atoms with Crippen molar-refractivity contribution in [3.05, 3.63) is 52.1 Å². The van der Waals surface area contributed by atoms with Crippen molar-refractivity contribution in [1.82, 2.24) is 4.98 Å². The number of nitrogen functional groups attached to an aromatic ring is 1. The molecule has 0 saturated carbocycles. The Hall–Kier alpha value is -1.88. The Morgan fingerprint density at radius 1 is 1.33 bits per heavy atom. The van der Waals surface area contributed by atoms with Gasteiger partial charge in [-0.1, -0.05) is 0 Å².